The molecule has 0 unspecified atom stereocenters. The van der Waals surface area contributed by atoms with Crippen LogP contribution in [0.5, 0.6) is 0 Å². The van der Waals surface area contributed by atoms with Crippen LogP contribution in [0.15, 0.2) is 5.38 Å². The average molecular weight is 269 g/mol. The molecule has 0 aliphatic heterocycles. The van der Waals surface area contributed by atoms with Gasteiger partial charge in [0, 0.05) is 11.9 Å². The minimum atomic E-state index is -0.703. The van der Waals surface area contributed by atoms with Crippen molar-refractivity contribution in [1.29, 1.82) is 0 Å². The molecule has 0 bridgehead atoms. The summed E-state index contributed by atoms with van der Waals surface area (Å²) in [5.41, 5.74) is 0.347. The third-order valence-electron chi connectivity index (χ3n) is 3.34. The lowest BCUT2D eigenvalue weighted by Crippen LogP contribution is -2.32. The summed E-state index contributed by atoms with van der Waals surface area (Å²) >= 11 is 1.15. The summed E-state index contributed by atoms with van der Waals surface area (Å²) < 4.78 is 3.63. The predicted molar refractivity (Wildman–Crippen MR) is 65.3 cm³/mol. The molecule has 1 aliphatic carbocycles. The molecule has 7 heteroatoms. The highest BCUT2D eigenvalue weighted by atomic mass is 32.1. The van der Waals surface area contributed by atoms with Gasteiger partial charge in [-0.15, -0.1) is 5.10 Å². The average Bonchev–Trinajstić information content (AvgIpc) is 2.90. The number of hydrogen-bond donors (Lipinski definition) is 2. The molecular formula is C11H15N3O3S. The lowest BCUT2D eigenvalue weighted by molar-refractivity contribution is -0.143. The van der Waals surface area contributed by atoms with Crippen LogP contribution in [-0.4, -0.2) is 33.1 Å². The smallest absolute Gasteiger partial charge is 0.306 e. The molecule has 2 rings (SSSR count). The van der Waals surface area contributed by atoms with Crippen molar-refractivity contribution in [2.75, 3.05) is 6.54 Å². The second kappa shape index (κ2) is 5.90. The Morgan fingerprint density at radius 2 is 2.11 bits per heavy atom. The molecule has 1 heterocycles. The summed E-state index contributed by atoms with van der Waals surface area (Å²) in [5.74, 6) is -0.744. The summed E-state index contributed by atoms with van der Waals surface area (Å²) in [7, 11) is 0. The van der Waals surface area contributed by atoms with Crippen LogP contribution >= 0.6 is 11.5 Å². The fraction of sp³-hybridized carbons (Fsp3) is 0.636. The highest BCUT2D eigenvalue weighted by Gasteiger charge is 2.26. The first-order chi connectivity index (χ1) is 8.66. The number of nitrogens with one attached hydrogen (secondary N) is 1. The number of amides is 1. The zero-order valence-corrected chi connectivity index (χ0v) is 10.7. The largest absolute Gasteiger partial charge is 0.481 e. The molecule has 1 aromatic heterocycles. The van der Waals surface area contributed by atoms with Gasteiger partial charge in [-0.2, -0.15) is 0 Å². The lowest BCUT2D eigenvalue weighted by atomic mass is 9.82. The van der Waals surface area contributed by atoms with Crippen molar-refractivity contribution in [2.45, 2.75) is 25.7 Å². The Labute approximate surface area is 109 Å². The van der Waals surface area contributed by atoms with Crippen LogP contribution in [0.4, 0.5) is 0 Å². The predicted octanol–water partition coefficient (Wildman–Crippen LogP) is 1.16. The Morgan fingerprint density at radius 1 is 1.39 bits per heavy atom. The SMILES string of the molecule is O=C(NCC1CCC(C(=O)O)CC1)c1csnn1. The van der Waals surface area contributed by atoms with Gasteiger partial charge < -0.3 is 10.4 Å². The number of carbonyl (C=O) groups excluding carboxylic acids is 1. The summed E-state index contributed by atoms with van der Waals surface area (Å²) in [5, 5.41) is 17.0. The van der Waals surface area contributed by atoms with E-state index in [1.165, 1.54) is 0 Å². The number of aliphatic carboxylic acids is 1. The fourth-order valence-electron chi connectivity index (χ4n) is 2.20. The molecule has 1 saturated carbocycles. The van der Waals surface area contributed by atoms with Crippen molar-refractivity contribution in [3.05, 3.63) is 11.1 Å². The minimum absolute atomic E-state index is 0.205. The first-order valence-corrected chi connectivity index (χ1v) is 6.78. The number of carbonyl (C=O) groups is 2. The Balaban J connectivity index is 1.72. The second-order valence-corrected chi connectivity index (χ2v) is 5.17. The van der Waals surface area contributed by atoms with E-state index in [9.17, 15) is 9.59 Å². The van der Waals surface area contributed by atoms with Gasteiger partial charge in [-0.25, -0.2) is 0 Å². The Morgan fingerprint density at radius 3 is 2.67 bits per heavy atom. The molecule has 1 amide bonds. The van der Waals surface area contributed by atoms with Gasteiger partial charge in [0.25, 0.3) is 5.91 Å². The van der Waals surface area contributed by atoms with E-state index in [-0.39, 0.29) is 11.8 Å². The minimum Gasteiger partial charge on any atom is -0.481 e. The Hall–Kier alpha value is -1.50. The number of carboxylic acids is 1. The van der Waals surface area contributed by atoms with Gasteiger partial charge in [-0.1, -0.05) is 4.49 Å². The quantitative estimate of drug-likeness (QED) is 0.855. The number of nitrogens with zero attached hydrogens (tertiary/aromatic N) is 2. The number of rotatable bonds is 4. The highest BCUT2D eigenvalue weighted by Crippen LogP contribution is 2.28. The van der Waals surface area contributed by atoms with Gasteiger partial charge in [0.2, 0.25) is 0 Å². The van der Waals surface area contributed by atoms with E-state index in [0.29, 0.717) is 31.0 Å². The van der Waals surface area contributed by atoms with Crippen molar-refractivity contribution in [3.8, 4) is 0 Å². The summed E-state index contributed by atoms with van der Waals surface area (Å²) in [6.45, 7) is 0.586. The maximum atomic E-state index is 11.6. The van der Waals surface area contributed by atoms with E-state index in [1.54, 1.807) is 5.38 Å². The van der Waals surface area contributed by atoms with E-state index in [2.05, 4.69) is 14.9 Å². The van der Waals surface area contributed by atoms with E-state index in [0.717, 1.165) is 24.4 Å². The van der Waals surface area contributed by atoms with E-state index in [4.69, 9.17) is 5.11 Å². The van der Waals surface area contributed by atoms with Gasteiger partial charge in [0.05, 0.1) is 5.92 Å². The van der Waals surface area contributed by atoms with Gasteiger partial charge in [0.15, 0.2) is 5.69 Å². The van der Waals surface area contributed by atoms with E-state index in [1.807, 2.05) is 0 Å². The topological polar surface area (TPSA) is 92.2 Å². The number of hydrogen-bond acceptors (Lipinski definition) is 5. The second-order valence-electron chi connectivity index (χ2n) is 4.56. The van der Waals surface area contributed by atoms with E-state index < -0.39 is 5.97 Å². The molecule has 0 aromatic carbocycles. The van der Waals surface area contributed by atoms with Gasteiger partial charge >= 0.3 is 5.97 Å². The van der Waals surface area contributed by atoms with Crippen molar-refractivity contribution in [3.63, 3.8) is 0 Å². The molecule has 0 radical (unpaired) electrons. The van der Waals surface area contributed by atoms with Crippen LogP contribution in [0, 0.1) is 11.8 Å². The Kier molecular flexibility index (Phi) is 4.24. The Bertz CT molecular complexity index is 413. The lowest BCUT2D eigenvalue weighted by Gasteiger charge is -2.25. The number of aromatic nitrogens is 2. The van der Waals surface area contributed by atoms with Gasteiger partial charge in [-0.3, -0.25) is 9.59 Å². The van der Waals surface area contributed by atoms with Crippen molar-refractivity contribution in [2.24, 2.45) is 11.8 Å². The third-order valence-corrected chi connectivity index (χ3v) is 3.84. The molecule has 0 spiro atoms. The van der Waals surface area contributed by atoms with Crippen LogP contribution < -0.4 is 5.32 Å². The molecule has 2 N–H and O–H groups in total. The number of carboxylic acid groups (broad SMARTS) is 1. The third kappa shape index (κ3) is 3.25. The maximum absolute atomic E-state index is 11.6. The molecule has 0 atom stereocenters. The first kappa shape index (κ1) is 12.9. The van der Waals surface area contributed by atoms with Crippen molar-refractivity contribution < 1.29 is 14.7 Å². The normalized spacial score (nSPS) is 23.6. The standard InChI is InChI=1S/C11H15N3O3S/c15-10(9-6-18-14-13-9)12-5-7-1-3-8(4-2-7)11(16)17/h6-8H,1-5H2,(H,12,15)(H,16,17). The van der Waals surface area contributed by atoms with Crippen LogP contribution in [0.1, 0.15) is 36.2 Å². The molecule has 1 aromatic rings. The molecule has 0 saturated heterocycles. The maximum Gasteiger partial charge on any atom is 0.306 e. The van der Waals surface area contributed by atoms with Gasteiger partial charge in [-0.05, 0) is 43.1 Å². The van der Waals surface area contributed by atoms with Crippen LogP contribution in [0.2, 0.25) is 0 Å². The molecule has 98 valence electrons. The first-order valence-electron chi connectivity index (χ1n) is 5.95. The fourth-order valence-corrected chi connectivity index (χ4v) is 2.64. The summed E-state index contributed by atoms with van der Waals surface area (Å²) in [4.78, 5) is 22.4. The molecule has 1 aliphatic rings. The van der Waals surface area contributed by atoms with Gasteiger partial charge in [0.1, 0.15) is 0 Å². The molecular weight excluding hydrogens is 254 g/mol. The summed E-state index contributed by atoms with van der Waals surface area (Å²) in [6.07, 6.45) is 3.11. The zero-order valence-electron chi connectivity index (χ0n) is 9.83. The monoisotopic (exact) mass is 269 g/mol. The molecule has 18 heavy (non-hydrogen) atoms. The molecule has 1 fully saturated rings. The molecule has 6 nitrogen and oxygen atoms in total. The van der Waals surface area contributed by atoms with Crippen molar-refractivity contribution >= 4 is 23.4 Å². The van der Waals surface area contributed by atoms with E-state index >= 15 is 0 Å². The highest BCUT2D eigenvalue weighted by molar-refractivity contribution is 7.03. The van der Waals surface area contributed by atoms with Crippen LogP contribution in [-0.2, 0) is 4.79 Å². The van der Waals surface area contributed by atoms with Crippen molar-refractivity contribution in [1.82, 2.24) is 14.9 Å². The van der Waals surface area contributed by atoms with Crippen LogP contribution in [0.25, 0.3) is 0 Å². The summed E-state index contributed by atoms with van der Waals surface area (Å²) in [6, 6.07) is 0. The van der Waals surface area contributed by atoms with Crippen LogP contribution in [0.3, 0.4) is 0 Å². The zero-order chi connectivity index (χ0) is 13.0.